The van der Waals surface area contributed by atoms with Crippen molar-refractivity contribution in [2.75, 3.05) is 7.05 Å². The van der Waals surface area contributed by atoms with Crippen LogP contribution in [0.5, 0.6) is 0 Å². The van der Waals surface area contributed by atoms with Gasteiger partial charge < -0.3 is 5.73 Å². The third-order valence-corrected chi connectivity index (χ3v) is 7.87. The quantitative estimate of drug-likeness (QED) is 0.207. The monoisotopic (exact) mass is 542 g/mol. The summed E-state index contributed by atoms with van der Waals surface area (Å²) < 4.78 is 14.6. The summed E-state index contributed by atoms with van der Waals surface area (Å²) in [6, 6.07) is 22.6. The first-order chi connectivity index (χ1) is 18.8. The van der Waals surface area contributed by atoms with E-state index in [1.165, 1.54) is 60.9 Å². The molecule has 204 valence electrons. The topological polar surface area (TPSA) is 66.9 Å². The molecule has 3 nitrogen and oxygen atoms in total. The molecule has 0 atom stereocenters. The molecule has 0 spiro atoms. The van der Waals surface area contributed by atoms with Gasteiger partial charge in [-0.25, -0.2) is 4.39 Å². The van der Waals surface area contributed by atoms with Crippen molar-refractivity contribution in [1.29, 1.82) is 5.26 Å². The van der Waals surface area contributed by atoms with Crippen LogP contribution in [0.2, 0.25) is 0 Å². The van der Waals surface area contributed by atoms with Gasteiger partial charge in [-0.2, -0.15) is 5.26 Å². The van der Waals surface area contributed by atoms with Crippen LogP contribution in [-0.4, -0.2) is 12.8 Å². The maximum Gasteiger partial charge on any atom is 0.170 e. The summed E-state index contributed by atoms with van der Waals surface area (Å²) in [6.45, 7) is 9.48. The maximum atomic E-state index is 13.4. The summed E-state index contributed by atoms with van der Waals surface area (Å²) in [5.74, 6) is 0.00333. The van der Waals surface area contributed by atoms with Gasteiger partial charge in [0.25, 0.3) is 0 Å². The number of Topliss-reactive ketones (excluding diaryl/α,β-unsaturated/α-hetero) is 1. The van der Waals surface area contributed by atoms with Gasteiger partial charge in [0, 0.05) is 4.70 Å². The molecular formula is C34H39FN2OS. The molecule has 3 aromatic carbocycles. The fourth-order valence-electron chi connectivity index (χ4n) is 4.32. The first kappa shape index (κ1) is 31.6. The van der Waals surface area contributed by atoms with Gasteiger partial charge in [-0.3, -0.25) is 4.79 Å². The number of benzene rings is 3. The van der Waals surface area contributed by atoms with Gasteiger partial charge >= 0.3 is 0 Å². The number of hydrogen-bond donors (Lipinski definition) is 1. The Bertz CT molecular complexity index is 1410. The van der Waals surface area contributed by atoms with Crippen LogP contribution in [0.25, 0.3) is 21.2 Å². The minimum atomic E-state index is -0.162. The minimum absolute atomic E-state index is 0.162. The number of hydrogen-bond acceptors (Lipinski definition) is 4. The third-order valence-electron chi connectivity index (χ3n) is 6.50. The highest BCUT2D eigenvalue weighted by Crippen LogP contribution is 2.30. The van der Waals surface area contributed by atoms with Crippen molar-refractivity contribution in [1.82, 2.24) is 0 Å². The Morgan fingerprint density at radius 2 is 1.62 bits per heavy atom. The number of halogens is 1. The lowest BCUT2D eigenvalue weighted by atomic mass is 9.97. The van der Waals surface area contributed by atoms with E-state index in [2.05, 4.69) is 30.5 Å². The molecule has 4 aromatic rings. The van der Waals surface area contributed by atoms with Crippen molar-refractivity contribution in [3.05, 3.63) is 106 Å². The number of nitrogens with zero attached hydrogens (tertiary/aromatic N) is 1. The zero-order valence-electron chi connectivity index (χ0n) is 23.5. The van der Waals surface area contributed by atoms with E-state index in [0.29, 0.717) is 17.5 Å². The van der Waals surface area contributed by atoms with Gasteiger partial charge in [-0.1, -0.05) is 61.9 Å². The summed E-state index contributed by atoms with van der Waals surface area (Å²) in [5, 5.41) is 9.92. The molecule has 5 heteroatoms. The Morgan fingerprint density at radius 1 is 1.00 bits per heavy atom. The van der Waals surface area contributed by atoms with E-state index < -0.39 is 0 Å². The summed E-state index contributed by atoms with van der Waals surface area (Å²) >= 11 is 1.58. The predicted molar refractivity (Wildman–Crippen MR) is 165 cm³/mol. The number of aryl methyl sites for hydroxylation is 2. The zero-order chi connectivity index (χ0) is 28.8. The number of fused-ring (bicyclic) bond motifs is 1. The molecule has 1 aliphatic carbocycles. The molecule has 0 radical (unpaired) electrons. The molecule has 0 saturated heterocycles. The highest BCUT2D eigenvalue weighted by molar-refractivity contribution is 7.21. The van der Waals surface area contributed by atoms with Crippen LogP contribution in [-0.2, 0) is 6.42 Å². The van der Waals surface area contributed by atoms with E-state index in [1.54, 1.807) is 36.5 Å². The fraction of sp³-hybridized carbons (Fsp3) is 0.294. The van der Waals surface area contributed by atoms with E-state index in [-0.39, 0.29) is 11.6 Å². The largest absolute Gasteiger partial charge is 0.333 e. The second-order valence-electron chi connectivity index (χ2n) is 9.27. The average molecular weight is 543 g/mol. The highest BCUT2D eigenvalue weighted by atomic mass is 32.1. The second-order valence-corrected chi connectivity index (χ2v) is 10.3. The molecule has 2 N–H and O–H groups in total. The lowest BCUT2D eigenvalue weighted by Crippen LogP contribution is -1.90. The van der Waals surface area contributed by atoms with Crippen LogP contribution in [0.3, 0.4) is 0 Å². The average Bonchev–Trinajstić information content (AvgIpc) is 3.32. The lowest BCUT2D eigenvalue weighted by molar-refractivity contribution is 0.102. The number of rotatable bonds is 3. The fourth-order valence-corrected chi connectivity index (χ4v) is 5.43. The first-order valence-electron chi connectivity index (χ1n) is 13.4. The minimum Gasteiger partial charge on any atom is -0.333 e. The maximum absolute atomic E-state index is 13.4. The highest BCUT2D eigenvalue weighted by Gasteiger charge is 2.10. The lowest BCUT2D eigenvalue weighted by Gasteiger charge is -2.10. The zero-order valence-corrected chi connectivity index (χ0v) is 24.3. The standard InChI is InChI=1S/C15H12FN.C11H10OS.C7H12.CH5N/c1-2-12-9-14(7-8-15(12)16)13-5-3-11(10-17)4-6-13;1-7-9-5-3-4-6-10(9)13-11(7)8(2)12;1-7-5-3-2-4-6-7;1-2/h3-9H,2H2,1H3;3-6H,1-2H3;1-6H2;2H2,1H3. The molecule has 1 aliphatic rings. The van der Waals surface area contributed by atoms with E-state index in [0.717, 1.165) is 21.6 Å². The number of allylic oxidation sites excluding steroid dienone is 1. The van der Waals surface area contributed by atoms with Crippen LogP contribution in [0.4, 0.5) is 4.39 Å². The molecule has 0 amide bonds. The van der Waals surface area contributed by atoms with Crippen molar-refractivity contribution >= 4 is 27.2 Å². The number of thiophene rings is 1. The van der Waals surface area contributed by atoms with E-state index in [1.807, 2.05) is 44.2 Å². The van der Waals surface area contributed by atoms with Crippen molar-refractivity contribution in [2.45, 2.75) is 59.3 Å². The number of nitriles is 1. The predicted octanol–water partition coefficient (Wildman–Crippen LogP) is 9.42. The van der Waals surface area contributed by atoms with Crippen LogP contribution in [0.15, 0.2) is 78.9 Å². The van der Waals surface area contributed by atoms with Crippen LogP contribution in [0.1, 0.15) is 72.3 Å². The van der Waals surface area contributed by atoms with E-state index in [4.69, 9.17) is 5.26 Å². The van der Waals surface area contributed by atoms with Crippen LogP contribution in [0, 0.1) is 24.1 Å². The Kier molecular flexibility index (Phi) is 13.3. The molecule has 1 aromatic heterocycles. The Morgan fingerprint density at radius 3 is 2.13 bits per heavy atom. The normalized spacial score (nSPS) is 12.1. The number of ketones is 1. The van der Waals surface area contributed by atoms with Crippen LogP contribution < -0.4 is 5.73 Å². The third kappa shape index (κ3) is 9.28. The summed E-state index contributed by atoms with van der Waals surface area (Å²) in [5.41, 5.74) is 10.4. The van der Waals surface area contributed by atoms with Gasteiger partial charge in [0.15, 0.2) is 5.78 Å². The Labute approximate surface area is 236 Å². The molecule has 0 aliphatic heterocycles. The molecule has 1 saturated carbocycles. The number of carbonyl (C=O) groups excluding carboxylic acids is 1. The SMILES string of the molecule is C=C1CCCCC1.CC(=O)c1sc2ccccc2c1C.CCc1cc(-c2ccc(C#N)cc2)ccc1F.CN. The van der Waals surface area contributed by atoms with Crippen LogP contribution >= 0.6 is 11.3 Å². The number of nitrogens with two attached hydrogens (primary N) is 1. The van der Waals surface area contributed by atoms with Crippen molar-refractivity contribution < 1.29 is 9.18 Å². The van der Waals surface area contributed by atoms with Gasteiger partial charge in [-0.05, 0) is 111 Å². The second kappa shape index (κ2) is 16.4. The number of carbonyl (C=O) groups is 1. The first-order valence-corrected chi connectivity index (χ1v) is 14.2. The van der Waals surface area contributed by atoms with Gasteiger partial charge in [0.2, 0.25) is 0 Å². The summed E-state index contributed by atoms with van der Waals surface area (Å²) in [7, 11) is 1.50. The molecule has 1 heterocycles. The van der Waals surface area contributed by atoms with Gasteiger partial charge in [-0.15, -0.1) is 11.3 Å². The molecule has 1 fully saturated rings. The summed E-state index contributed by atoms with van der Waals surface area (Å²) in [4.78, 5) is 12.1. The molecular weight excluding hydrogens is 503 g/mol. The van der Waals surface area contributed by atoms with E-state index >= 15 is 0 Å². The van der Waals surface area contributed by atoms with Gasteiger partial charge in [0.1, 0.15) is 5.82 Å². The molecule has 5 rings (SSSR count). The molecule has 0 bridgehead atoms. The molecule has 39 heavy (non-hydrogen) atoms. The van der Waals surface area contributed by atoms with Crippen molar-refractivity contribution in [2.24, 2.45) is 5.73 Å². The van der Waals surface area contributed by atoms with Crippen molar-refractivity contribution in [3.63, 3.8) is 0 Å². The van der Waals surface area contributed by atoms with Gasteiger partial charge in [0.05, 0.1) is 16.5 Å². The van der Waals surface area contributed by atoms with Crippen molar-refractivity contribution in [3.8, 4) is 17.2 Å². The molecule has 0 unspecified atom stereocenters. The Balaban J connectivity index is 0.000000214. The smallest absolute Gasteiger partial charge is 0.170 e. The Hall–Kier alpha value is -3.59. The summed E-state index contributed by atoms with van der Waals surface area (Å²) in [6.07, 6.45) is 7.46. The van der Waals surface area contributed by atoms with E-state index in [9.17, 15) is 9.18 Å².